The summed E-state index contributed by atoms with van der Waals surface area (Å²) in [6.07, 6.45) is 1.77. The van der Waals surface area contributed by atoms with Crippen LogP contribution in [0.25, 0.3) is 0 Å². The molecule has 6 heteroatoms. The maximum absolute atomic E-state index is 5.84. The van der Waals surface area contributed by atoms with Crippen molar-refractivity contribution in [2.45, 2.75) is 6.92 Å². The summed E-state index contributed by atoms with van der Waals surface area (Å²) in [7, 11) is 0. The Balaban J connectivity index is 2.14. The Hall–Kier alpha value is -1.85. The van der Waals surface area contributed by atoms with Crippen LogP contribution in [0.5, 0.6) is 0 Å². The Labute approximate surface area is 117 Å². The highest BCUT2D eigenvalue weighted by molar-refractivity contribution is 6.30. The Kier molecular flexibility index (Phi) is 4.54. The number of nitrogens with zero attached hydrogens (tertiary/aromatic N) is 2. The molecule has 0 saturated carbocycles. The van der Waals surface area contributed by atoms with Crippen molar-refractivity contribution in [3.8, 4) is 0 Å². The van der Waals surface area contributed by atoms with Crippen LogP contribution in [0.4, 0.5) is 17.5 Å². The summed E-state index contributed by atoms with van der Waals surface area (Å²) >= 11 is 5.84. The van der Waals surface area contributed by atoms with Crippen molar-refractivity contribution in [3.63, 3.8) is 0 Å². The lowest BCUT2D eigenvalue weighted by molar-refractivity contribution is 0.998. The summed E-state index contributed by atoms with van der Waals surface area (Å²) in [6.45, 7) is 3.19. The zero-order valence-corrected chi connectivity index (χ0v) is 11.4. The standard InChI is InChI=1S/C13H16ClN5/c1-9-8-17-13(19-12(9)16-7-6-15)18-11-4-2-10(14)3-5-11/h2-5,8H,6-7,15H2,1H3,(H2,16,17,18,19). The van der Waals surface area contributed by atoms with Gasteiger partial charge in [-0.2, -0.15) is 4.98 Å². The second-order valence-electron chi connectivity index (χ2n) is 4.07. The van der Waals surface area contributed by atoms with Gasteiger partial charge in [0.25, 0.3) is 0 Å². The van der Waals surface area contributed by atoms with Gasteiger partial charge in [-0.05, 0) is 31.2 Å². The molecule has 0 fully saturated rings. The number of aromatic nitrogens is 2. The molecule has 5 nitrogen and oxygen atoms in total. The fourth-order valence-electron chi connectivity index (χ4n) is 1.53. The molecule has 4 N–H and O–H groups in total. The van der Waals surface area contributed by atoms with E-state index in [1.54, 1.807) is 6.20 Å². The van der Waals surface area contributed by atoms with Crippen LogP contribution in [0.15, 0.2) is 30.5 Å². The number of nitrogens with two attached hydrogens (primary N) is 1. The van der Waals surface area contributed by atoms with Crippen molar-refractivity contribution in [3.05, 3.63) is 41.0 Å². The summed E-state index contributed by atoms with van der Waals surface area (Å²) < 4.78 is 0. The number of anilines is 3. The van der Waals surface area contributed by atoms with Gasteiger partial charge >= 0.3 is 0 Å². The van der Waals surface area contributed by atoms with Crippen LogP contribution in [-0.4, -0.2) is 23.1 Å². The number of hydrogen-bond donors (Lipinski definition) is 3. The highest BCUT2D eigenvalue weighted by Crippen LogP contribution is 2.18. The Morgan fingerprint density at radius 3 is 2.68 bits per heavy atom. The molecule has 100 valence electrons. The Morgan fingerprint density at radius 1 is 1.26 bits per heavy atom. The second kappa shape index (κ2) is 6.36. The van der Waals surface area contributed by atoms with Gasteiger partial charge in [-0.25, -0.2) is 4.98 Å². The van der Waals surface area contributed by atoms with Gasteiger partial charge in [0.15, 0.2) is 0 Å². The first-order valence-electron chi connectivity index (χ1n) is 5.99. The number of nitrogens with one attached hydrogen (secondary N) is 2. The molecule has 0 bridgehead atoms. The molecule has 0 radical (unpaired) electrons. The van der Waals surface area contributed by atoms with Gasteiger partial charge in [-0.3, -0.25) is 0 Å². The fourth-order valence-corrected chi connectivity index (χ4v) is 1.66. The van der Waals surface area contributed by atoms with Crippen molar-refractivity contribution < 1.29 is 0 Å². The highest BCUT2D eigenvalue weighted by Gasteiger charge is 2.03. The SMILES string of the molecule is Cc1cnc(Nc2ccc(Cl)cc2)nc1NCCN. The van der Waals surface area contributed by atoms with E-state index in [1.165, 1.54) is 0 Å². The van der Waals surface area contributed by atoms with E-state index in [4.69, 9.17) is 17.3 Å². The average Bonchev–Trinajstić information content (AvgIpc) is 2.42. The molecule has 0 aliphatic rings. The third kappa shape index (κ3) is 3.81. The zero-order valence-electron chi connectivity index (χ0n) is 10.7. The lowest BCUT2D eigenvalue weighted by Gasteiger charge is -2.10. The Morgan fingerprint density at radius 2 is 2.00 bits per heavy atom. The van der Waals surface area contributed by atoms with E-state index in [1.807, 2.05) is 31.2 Å². The predicted octanol–water partition coefficient (Wildman–Crippen LogP) is 2.55. The van der Waals surface area contributed by atoms with E-state index in [0.717, 1.165) is 17.1 Å². The third-order valence-corrected chi connectivity index (χ3v) is 2.76. The van der Waals surface area contributed by atoms with Crippen LogP contribution in [-0.2, 0) is 0 Å². The van der Waals surface area contributed by atoms with Crippen LogP contribution in [0.3, 0.4) is 0 Å². The summed E-state index contributed by atoms with van der Waals surface area (Å²) in [4.78, 5) is 8.64. The third-order valence-electron chi connectivity index (χ3n) is 2.51. The quantitative estimate of drug-likeness (QED) is 0.783. The van der Waals surface area contributed by atoms with E-state index >= 15 is 0 Å². The number of benzene rings is 1. The minimum Gasteiger partial charge on any atom is -0.368 e. The van der Waals surface area contributed by atoms with Crippen LogP contribution in [0, 0.1) is 6.92 Å². The van der Waals surface area contributed by atoms with E-state index in [-0.39, 0.29) is 0 Å². The first kappa shape index (κ1) is 13.6. The molecule has 19 heavy (non-hydrogen) atoms. The molecule has 1 heterocycles. The summed E-state index contributed by atoms with van der Waals surface area (Å²) in [6, 6.07) is 7.37. The van der Waals surface area contributed by atoms with Gasteiger partial charge in [0.1, 0.15) is 5.82 Å². The van der Waals surface area contributed by atoms with Gasteiger partial charge in [0, 0.05) is 35.6 Å². The first-order valence-corrected chi connectivity index (χ1v) is 6.37. The molecule has 0 saturated heterocycles. The molecule has 0 atom stereocenters. The average molecular weight is 278 g/mol. The first-order chi connectivity index (χ1) is 9.19. The van der Waals surface area contributed by atoms with Gasteiger partial charge < -0.3 is 16.4 Å². The monoisotopic (exact) mass is 277 g/mol. The predicted molar refractivity (Wildman–Crippen MR) is 79.0 cm³/mol. The van der Waals surface area contributed by atoms with E-state index < -0.39 is 0 Å². The van der Waals surface area contributed by atoms with Gasteiger partial charge in [-0.15, -0.1) is 0 Å². The molecule has 2 aromatic rings. The molecule has 1 aromatic heterocycles. The summed E-state index contributed by atoms with van der Waals surface area (Å²) in [5, 5.41) is 6.98. The van der Waals surface area contributed by atoms with Gasteiger partial charge in [0.2, 0.25) is 5.95 Å². The van der Waals surface area contributed by atoms with Crippen molar-refractivity contribution in [1.82, 2.24) is 9.97 Å². The number of hydrogen-bond acceptors (Lipinski definition) is 5. The Bertz CT molecular complexity index is 541. The van der Waals surface area contributed by atoms with Crippen LogP contribution in [0.2, 0.25) is 5.02 Å². The molecular weight excluding hydrogens is 262 g/mol. The molecule has 0 amide bonds. The van der Waals surface area contributed by atoms with Crippen LogP contribution < -0.4 is 16.4 Å². The molecule has 0 aliphatic carbocycles. The topological polar surface area (TPSA) is 75.9 Å². The lowest BCUT2D eigenvalue weighted by Crippen LogP contribution is -2.15. The highest BCUT2D eigenvalue weighted by atomic mass is 35.5. The summed E-state index contributed by atoms with van der Waals surface area (Å²) in [5.41, 5.74) is 7.34. The lowest BCUT2D eigenvalue weighted by atomic mass is 10.3. The van der Waals surface area contributed by atoms with Crippen molar-refractivity contribution in [1.29, 1.82) is 0 Å². The molecule has 1 aromatic carbocycles. The normalized spacial score (nSPS) is 10.3. The van der Waals surface area contributed by atoms with Crippen molar-refractivity contribution in [2.75, 3.05) is 23.7 Å². The fraction of sp³-hybridized carbons (Fsp3) is 0.231. The molecule has 0 unspecified atom stereocenters. The van der Waals surface area contributed by atoms with Crippen LogP contribution >= 0.6 is 11.6 Å². The summed E-state index contributed by atoms with van der Waals surface area (Å²) in [5.74, 6) is 1.32. The number of rotatable bonds is 5. The minimum absolute atomic E-state index is 0.535. The second-order valence-corrected chi connectivity index (χ2v) is 4.51. The molecule has 0 spiro atoms. The maximum atomic E-state index is 5.84. The van der Waals surface area contributed by atoms with E-state index in [0.29, 0.717) is 24.1 Å². The largest absolute Gasteiger partial charge is 0.368 e. The number of aryl methyl sites for hydroxylation is 1. The molecule has 0 aliphatic heterocycles. The maximum Gasteiger partial charge on any atom is 0.229 e. The van der Waals surface area contributed by atoms with Gasteiger partial charge in [-0.1, -0.05) is 11.6 Å². The molecule has 2 rings (SSSR count). The van der Waals surface area contributed by atoms with Crippen LogP contribution in [0.1, 0.15) is 5.56 Å². The van der Waals surface area contributed by atoms with E-state index in [2.05, 4.69) is 20.6 Å². The van der Waals surface area contributed by atoms with Crippen molar-refractivity contribution >= 4 is 29.1 Å². The smallest absolute Gasteiger partial charge is 0.229 e. The molecular formula is C13H16ClN5. The minimum atomic E-state index is 0.535. The van der Waals surface area contributed by atoms with Gasteiger partial charge in [0.05, 0.1) is 0 Å². The van der Waals surface area contributed by atoms with E-state index in [9.17, 15) is 0 Å². The number of halogens is 1. The van der Waals surface area contributed by atoms with Crippen molar-refractivity contribution in [2.24, 2.45) is 5.73 Å². The zero-order chi connectivity index (χ0) is 13.7.